The molecule has 1 aliphatic rings. The maximum Gasteiger partial charge on any atom is 0.351 e. The lowest BCUT2D eigenvalue weighted by molar-refractivity contribution is -0.116. The Morgan fingerprint density at radius 2 is 2.32 bits per heavy atom. The molecule has 1 aromatic rings. The van der Waals surface area contributed by atoms with Crippen molar-refractivity contribution in [2.45, 2.75) is 57.8 Å². The van der Waals surface area contributed by atoms with E-state index in [4.69, 9.17) is 9.84 Å². The van der Waals surface area contributed by atoms with Gasteiger partial charge in [0.05, 0.1) is 12.7 Å². The Morgan fingerprint density at radius 1 is 1.50 bits per heavy atom. The van der Waals surface area contributed by atoms with Gasteiger partial charge in [-0.05, 0) is 25.3 Å². The van der Waals surface area contributed by atoms with Crippen LogP contribution in [0.25, 0.3) is 0 Å². The molecule has 1 aliphatic heterocycles. The summed E-state index contributed by atoms with van der Waals surface area (Å²) >= 11 is 0. The minimum absolute atomic E-state index is 0.0510. The van der Waals surface area contributed by atoms with Gasteiger partial charge in [0.15, 0.2) is 0 Å². The molecule has 0 aromatic carbocycles. The van der Waals surface area contributed by atoms with Crippen LogP contribution in [0.15, 0.2) is 17.1 Å². The Morgan fingerprint density at radius 3 is 2.95 bits per heavy atom. The fourth-order valence-corrected chi connectivity index (χ4v) is 2.47. The van der Waals surface area contributed by atoms with Gasteiger partial charge in [-0.25, -0.2) is 4.79 Å². The van der Waals surface area contributed by atoms with E-state index in [1.54, 1.807) is 12.3 Å². The van der Waals surface area contributed by atoms with E-state index in [0.29, 0.717) is 19.3 Å². The number of amides is 1. The number of carbonyl (C=O) groups is 1. The van der Waals surface area contributed by atoms with Gasteiger partial charge in [-0.3, -0.25) is 9.36 Å². The minimum atomic E-state index is -0.463. The summed E-state index contributed by atoms with van der Waals surface area (Å²) in [5.41, 5.74) is -0.463. The predicted octanol–water partition coefficient (Wildman–Crippen LogP) is 1.43. The lowest BCUT2D eigenvalue weighted by Crippen LogP contribution is -2.28. The third-order valence-corrected chi connectivity index (χ3v) is 3.70. The molecule has 2 atom stereocenters. The highest BCUT2D eigenvalue weighted by molar-refractivity contribution is 5.89. The Balaban J connectivity index is 1.95. The minimum Gasteiger partial charge on any atom is -0.394 e. The molecule has 22 heavy (non-hydrogen) atoms. The molecule has 7 heteroatoms. The van der Waals surface area contributed by atoms with E-state index in [9.17, 15) is 9.59 Å². The molecule has 1 fully saturated rings. The number of aliphatic hydroxyl groups excluding tert-OH is 1. The number of aliphatic hydroxyl groups is 1. The van der Waals surface area contributed by atoms with Crippen LogP contribution in [0.5, 0.6) is 0 Å². The van der Waals surface area contributed by atoms with Crippen LogP contribution in [0.2, 0.25) is 0 Å². The zero-order chi connectivity index (χ0) is 15.9. The normalized spacial score (nSPS) is 21.0. The molecule has 2 rings (SSSR count). The van der Waals surface area contributed by atoms with Crippen LogP contribution < -0.4 is 11.0 Å². The summed E-state index contributed by atoms with van der Waals surface area (Å²) in [5.74, 6) is 0.134. The number of anilines is 1. The number of nitrogens with zero attached hydrogens (tertiary/aromatic N) is 2. The maximum atomic E-state index is 12.0. The average molecular weight is 309 g/mol. The van der Waals surface area contributed by atoms with Crippen LogP contribution in [0.4, 0.5) is 5.82 Å². The largest absolute Gasteiger partial charge is 0.394 e. The molecule has 0 spiro atoms. The van der Waals surface area contributed by atoms with Gasteiger partial charge < -0.3 is 15.2 Å². The molecule has 2 heterocycles. The van der Waals surface area contributed by atoms with E-state index < -0.39 is 11.9 Å². The van der Waals surface area contributed by atoms with E-state index in [-0.39, 0.29) is 24.4 Å². The van der Waals surface area contributed by atoms with Gasteiger partial charge >= 0.3 is 5.69 Å². The molecule has 122 valence electrons. The average Bonchev–Trinajstić information content (AvgIpc) is 2.96. The Hall–Kier alpha value is -1.73. The van der Waals surface area contributed by atoms with E-state index in [1.807, 2.05) is 0 Å². The van der Waals surface area contributed by atoms with Crippen molar-refractivity contribution in [2.75, 3.05) is 11.9 Å². The lowest BCUT2D eigenvalue weighted by atomic mass is 10.2. The first-order valence-electron chi connectivity index (χ1n) is 7.79. The Bertz CT molecular complexity index is 558. The molecule has 7 nitrogen and oxygen atoms in total. The van der Waals surface area contributed by atoms with Crippen LogP contribution in [0.1, 0.15) is 51.7 Å². The van der Waals surface area contributed by atoms with Crippen LogP contribution in [-0.4, -0.2) is 33.3 Å². The van der Waals surface area contributed by atoms with Gasteiger partial charge in [0.2, 0.25) is 5.91 Å². The van der Waals surface area contributed by atoms with E-state index in [0.717, 1.165) is 19.3 Å². The molecule has 1 amide bonds. The summed E-state index contributed by atoms with van der Waals surface area (Å²) in [6.07, 6.45) is 5.65. The quantitative estimate of drug-likeness (QED) is 0.743. The van der Waals surface area contributed by atoms with Gasteiger partial charge in [-0.2, -0.15) is 4.98 Å². The first-order valence-corrected chi connectivity index (χ1v) is 7.79. The lowest BCUT2D eigenvalue weighted by Gasteiger charge is -2.14. The number of nitrogens with one attached hydrogen (secondary N) is 1. The van der Waals surface area contributed by atoms with Crippen molar-refractivity contribution in [1.29, 1.82) is 0 Å². The number of rotatable bonds is 7. The number of hydrogen-bond donors (Lipinski definition) is 2. The molecule has 0 unspecified atom stereocenters. The monoisotopic (exact) mass is 309 g/mol. The summed E-state index contributed by atoms with van der Waals surface area (Å²) < 4.78 is 6.94. The van der Waals surface area contributed by atoms with Crippen LogP contribution in [0.3, 0.4) is 0 Å². The third-order valence-electron chi connectivity index (χ3n) is 3.70. The zero-order valence-corrected chi connectivity index (χ0v) is 12.8. The number of unbranched alkanes of at least 4 members (excludes halogenated alkanes) is 2. The van der Waals surface area contributed by atoms with Gasteiger partial charge in [0, 0.05) is 12.6 Å². The van der Waals surface area contributed by atoms with Crippen molar-refractivity contribution in [3.05, 3.63) is 22.7 Å². The van der Waals surface area contributed by atoms with Gasteiger partial charge in [0.1, 0.15) is 12.0 Å². The van der Waals surface area contributed by atoms with Crippen LogP contribution in [0, 0.1) is 0 Å². The standard InChI is InChI=1S/C15H23N3O4/c1-2-3-4-5-13(20)16-12-8-9-18(15(21)17-12)14-7-6-11(10-19)22-14/h8-9,11,14,19H,2-7,10H2,1H3,(H,16,17,20,21)/t11-,14+/m0/s1. The summed E-state index contributed by atoms with van der Waals surface area (Å²) in [4.78, 5) is 27.6. The molecule has 2 N–H and O–H groups in total. The van der Waals surface area contributed by atoms with Crippen molar-refractivity contribution in [3.8, 4) is 0 Å². The second kappa shape index (κ2) is 8.05. The predicted molar refractivity (Wildman–Crippen MR) is 81.5 cm³/mol. The zero-order valence-electron chi connectivity index (χ0n) is 12.8. The molecule has 1 saturated heterocycles. The van der Waals surface area contributed by atoms with Crippen molar-refractivity contribution < 1.29 is 14.6 Å². The van der Waals surface area contributed by atoms with E-state index in [2.05, 4.69) is 17.2 Å². The van der Waals surface area contributed by atoms with Crippen molar-refractivity contribution in [3.63, 3.8) is 0 Å². The molecule has 0 radical (unpaired) electrons. The summed E-state index contributed by atoms with van der Waals surface area (Å²) in [5, 5.41) is 11.7. The molecule has 0 saturated carbocycles. The van der Waals surface area contributed by atoms with Crippen LogP contribution >= 0.6 is 0 Å². The molecule has 1 aromatic heterocycles. The fraction of sp³-hybridized carbons (Fsp3) is 0.667. The second-order valence-corrected chi connectivity index (χ2v) is 5.48. The Labute approximate surface area is 129 Å². The molecular formula is C15H23N3O4. The van der Waals surface area contributed by atoms with Crippen molar-refractivity contribution in [2.24, 2.45) is 0 Å². The number of carbonyl (C=O) groups excluding carboxylic acids is 1. The van der Waals surface area contributed by atoms with Gasteiger partial charge in [-0.1, -0.05) is 19.8 Å². The van der Waals surface area contributed by atoms with Gasteiger partial charge in [0.25, 0.3) is 0 Å². The molecular weight excluding hydrogens is 286 g/mol. The summed E-state index contributed by atoms with van der Waals surface area (Å²) in [6.45, 7) is 2.02. The number of hydrogen-bond acceptors (Lipinski definition) is 5. The smallest absolute Gasteiger partial charge is 0.351 e. The molecule has 0 bridgehead atoms. The maximum absolute atomic E-state index is 12.0. The highest BCUT2D eigenvalue weighted by atomic mass is 16.5. The van der Waals surface area contributed by atoms with E-state index in [1.165, 1.54) is 4.57 Å². The fourth-order valence-electron chi connectivity index (χ4n) is 2.47. The first kappa shape index (κ1) is 16.6. The second-order valence-electron chi connectivity index (χ2n) is 5.48. The van der Waals surface area contributed by atoms with Gasteiger partial charge in [-0.15, -0.1) is 0 Å². The van der Waals surface area contributed by atoms with Crippen molar-refractivity contribution >= 4 is 11.7 Å². The van der Waals surface area contributed by atoms with Crippen molar-refractivity contribution in [1.82, 2.24) is 9.55 Å². The van der Waals surface area contributed by atoms with Crippen LogP contribution in [-0.2, 0) is 9.53 Å². The summed E-state index contributed by atoms with van der Waals surface area (Å²) in [7, 11) is 0. The topological polar surface area (TPSA) is 93.5 Å². The molecule has 0 aliphatic carbocycles. The Kier molecular flexibility index (Phi) is 6.09. The summed E-state index contributed by atoms with van der Waals surface area (Å²) in [6, 6.07) is 1.59. The third kappa shape index (κ3) is 4.38. The SMILES string of the molecule is CCCCCC(=O)Nc1ccn([C@H]2CC[C@@H](CO)O2)c(=O)n1. The number of aromatic nitrogens is 2. The first-order chi connectivity index (χ1) is 10.6. The van der Waals surface area contributed by atoms with E-state index >= 15 is 0 Å². The highest BCUT2D eigenvalue weighted by Crippen LogP contribution is 2.26. The number of ether oxygens (including phenoxy) is 1. The highest BCUT2D eigenvalue weighted by Gasteiger charge is 2.26.